The third-order valence-corrected chi connectivity index (χ3v) is 3.99. The lowest BCUT2D eigenvalue weighted by molar-refractivity contribution is 0.0899. The van der Waals surface area contributed by atoms with E-state index in [2.05, 4.69) is 19.2 Å². The van der Waals surface area contributed by atoms with Crippen molar-refractivity contribution in [1.29, 1.82) is 0 Å². The van der Waals surface area contributed by atoms with Crippen molar-refractivity contribution in [3.63, 3.8) is 0 Å². The van der Waals surface area contributed by atoms with E-state index >= 15 is 0 Å². The summed E-state index contributed by atoms with van der Waals surface area (Å²) in [6.45, 7) is 7.21. The molecule has 1 rings (SSSR count). The van der Waals surface area contributed by atoms with E-state index in [4.69, 9.17) is 19.8 Å². The van der Waals surface area contributed by atoms with Crippen LogP contribution < -0.4 is 5.32 Å². The second-order valence-electron chi connectivity index (χ2n) is 5.05. The zero-order valence-corrected chi connectivity index (χ0v) is 13.9. The van der Waals surface area contributed by atoms with E-state index in [1.54, 1.807) is 0 Å². The normalized spacial score (nSPS) is 11.9. The first-order chi connectivity index (χ1) is 9.71. The first kappa shape index (κ1) is 18.0. The summed E-state index contributed by atoms with van der Waals surface area (Å²) < 4.78 is 33.0. The lowest BCUT2D eigenvalue weighted by atomic mass is 10.2. The highest BCUT2D eigenvalue weighted by molar-refractivity contribution is 8.13. The molecule has 1 amide bonds. The highest BCUT2D eigenvalue weighted by atomic mass is 35.7. The third-order valence-electron chi connectivity index (χ3n) is 2.56. The van der Waals surface area contributed by atoms with E-state index in [-0.39, 0.29) is 16.4 Å². The van der Waals surface area contributed by atoms with E-state index in [0.29, 0.717) is 32.1 Å². The predicted octanol–water partition coefficient (Wildman–Crippen LogP) is 2.31. The molecule has 1 aromatic rings. The Hall–Kier alpha value is -1.05. The van der Waals surface area contributed by atoms with Crippen LogP contribution in [-0.4, -0.2) is 34.1 Å². The van der Waals surface area contributed by atoms with E-state index in [1.807, 2.05) is 0 Å². The van der Waals surface area contributed by atoms with E-state index < -0.39 is 15.0 Å². The number of carbonyl (C=O) groups is 1. The summed E-state index contributed by atoms with van der Waals surface area (Å²) >= 11 is 0. The van der Waals surface area contributed by atoms with Crippen molar-refractivity contribution in [3.8, 4) is 0 Å². The van der Waals surface area contributed by atoms with Crippen LogP contribution in [0.25, 0.3) is 0 Å². The van der Waals surface area contributed by atoms with Crippen molar-refractivity contribution in [1.82, 2.24) is 5.32 Å². The average molecular weight is 338 g/mol. The van der Waals surface area contributed by atoms with Crippen LogP contribution in [0, 0.1) is 12.8 Å². The highest BCUT2D eigenvalue weighted by Gasteiger charge is 2.21. The molecular weight excluding hydrogens is 318 g/mol. The zero-order valence-electron chi connectivity index (χ0n) is 12.3. The van der Waals surface area contributed by atoms with Crippen LogP contribution in [0.4, 0.5) is 0 Å². The Morgan fingerprint density at radius 1 is 1.48 bits per heavy atom. The fourth-order valence-corrected chi connectivity index (χ4v) is 2.69. The van der Waals surface area contributed by atoms with Gasteiger partial charge in [0.25, 0.3) is 15.0 Å². The Labute approximate surface area is 129 Å². The van der Waals surface area contributed by atoms with Gasteiger partial charge in [-0.3, -0.25) is 4.79 Å². The fraction of sp³-hybridized carbons (Fsp3) is 0.615. The monoisotopic (exact) mass is 337 g/mol. The molecule has 0 radical (unpaired) electrons. The molecule has 0 aliphatic rings. The molecule has 0 fully saturated rings. The Morgan fingerprint density at radius 3 is 2.67 bits per heavy atom. The lowest BCUT2D eigenvalue weighted by Gasteiger charge is -2.07. The molecular formula is C13H20ClNO5S. The average Bonchev–Trinajstić information content (AvgIpc) is 2.75. The molecule has 0 aromatic carbocycles. The number of hydrogen-bond acceptors (Lipinski definition) is 5. The van der Waals surface area contributed by atoms with Crippen molar-refractivity contribution in [3.05, 3.63) is 17.6 Å². The van der Waals surface area contributed by atoms with Gasteiger partial charge >= 0.3 is 0 Å². The fourth-order valence-electron chi connectivity index (χ4n) is 1.60. The SMILES string of the molecule is Cc1oc(C(=O)NCCCOCC(C)C)cc1S(=O)(=O)Cl. The Morgan fingerprint density at radius 2 is 2.14 bits per heavy atom. The molecule has 0 spiro atoms. The molecule has 0 aliphatic heterocycles. The molecule has 1 heterocycles. The van der Waals surface area contributed by atoms with Gasteiger partial charge in [0.2, 0.25) is 0 Å². The van der Waals surface area contributed by atoms with Crippen molar-refractivity contribution >= 4 is 25.6 Å². The van der Waals surface area contributed by atoms with Crippen LogP contribution in [-0.2, 0) is 13.8 Å². The van der Waals surface area contributed by atoms with Crippen molar-refractivity contribution in [2.24, 2.45) is 5.92 Å². The number of rotatable bonds is 8. The maximum atomic E-state index is 11.8. The van der Waals surface area contributed by atoms with Gasteiger partial charge in [0, 0.05) is 36.5 Å². The number of aryl methyl sites for hydroxylation is 1. The van der Waals surface area contributed by atoms with Crippen molar-refractivity contribution in [2.45, 2.75) is 32.1 Å². The number of ether oxygens (including phenoxy) is 1. The molecule has 0 bridgehead atoms. The molecule has 0 saturated carbocycles. The quantitative estimate of drug-likeness (QED) is 0.581. The maximum Gasteiger partial charge on any atom is 0.287 e. The summed E-state index contributed by atoms with van der Waals surface area (Å²) in [4.78, 5) is 11.6. The van der Waals surface area contributed by atoms with Gasteiger partial charge in [0.1, 0.15) is 10.7 Å². The minimum absolute atomic E-state index is 0.0742. The van der Waals surface area contributed by atoms with Gasteiger partial charge in [-0.1, -0.05) is 13.8 Å². The van der Waals surface area contributed by atoms with Gasteiger partial charge in [0.05, 0.1) is 0 Å². The van der Waals surface area contributed by atoms with Gasteiger partial charge in [-0.25, -0.2) is 8.42 Å². The molecule has 0 atom stereocenters. The molecule has 8 heteroatoms. The molecule has 1 aromatic heterocycles. The smallest absolute Gasteiger partial charge is 0.287 e. The summed E-state index contributed by atoms with van der Waals surface area (Å²) in [5.41, 5.74) is 0. The largest absolute Gasteiger partial charge is 0.455 e. The van der Waals surface area contributed by atoms with Gasteiger partial charge in [-0.15, -0.1) is 0 Å². The summed E-state index contributed by atoms with van der Waals surface area (Å²) in [6, 6.07) is 1.13. The number of amides is 1. The molecule has 1 N–H and O–H groups in total. The summed E-state index contributed by atoms with van der Waals surface area (Å²) in [6.07, 6.45) is 0.665. The van der Waals surface area contributed by atoms with E-state index in [1.165, 1.54) is 6.92 Å². The van der Waals surface area contributed by atoms with Crippen LogP contribution in [0.3, 0.4) is 0 Å². The number of hydrogen-bond donors (Lipinski definition) is 1. The molecule has 0 saturated heterocycles. The predicted molar refractivity (Wildman–Crippen MR) is 79.1 cm³/mol. The molecule has 21 heavy (non-hydrogen) atoms. The van der Waals surface area contributed by atoms with E-state index in [0.717, 1.165) is 6.07 Å². The number of halogens is 1. The summed E-state index contributed by atoms with van der Waals surface area (Å²) in [5, 5.41) is 2.63. The lowest BCUT2D eigenvalue weighted by Crippen LogP contribution is -2.25. The van der Waals surface area contributed by atoms with Crippen LogP contribution in [0.1, 0.15) is 36.6 Å². The van der Waals surface area contributed by atoms with Crippen LogP contribution in [0.5, 0.6) is 0 Å². The molecule has 120 valence electrons. The van der Waals surface area contributed by atoms with Crippen LogP contribution in [0.15, 0.2) is 15.4 Å². The zero-order chi connectivity index (χ0) is 16.0. The van der Waals surface area contributed by atoms with Gasteiger partial charge in [-0.2, -0.15) is 0 Å². The second-order valence-corrected chi connectivity index (χ2v) is 7.58. The molecule has 6 nitrogen and oxygen atoms in total. The summed E-state index contributed by atoms with van der Waals surface area (Å²) in [5.74, 6) is 0.0142. The number of furan rings is 1. The van der Waals surface area contributed by atoms with Crippen LogP contribution in [0.2, 0.25) is 0 Å². The van der Waals surface area contributed by atoms with Gasteiger partial charge in [0.15, 0.2) is 5.76 Å². The maximum absolute atomic E-state index is 11.8. The van der Waals surface area contributed by atoms with E-state index in [9.17, 15) is 13.2 Å². The van der Waals surface area contributed by atoms with Crippen LogP contribution >= 0.6 is 10.7 Å². The van der Waals surface area contributed by atoms with Crippen molar-refractivity contribution < 1.29 is 22.4 Å². The standard InChI is InChI=1S/C13H20ClNO5S/c1-9(2)8-19-6-4-5-15-13(16)11-7-12(10(3)20-11)21(14,17)18/h7,9H,4-6,8H2,1-3H3,(H,15,16). The topological polar surface area (TPSA) is 85.6 Å². The number of nitrogens with one attached hydrogen (secondary N) is 1. The minimum atomic E-state index is -3.91. The highest BCUT2D eigenvalue weighted by Crippen LogP contribution is 2.23. The molecule has 0 unspecified atom stereocenters. The summed E-state index contributed by atoms with van der Waals surface area (Å²) in [7, 11) is 1.32. The Balaban J connectivity index is 2.43. The Bertz CT molecular complexity index is 579. The first-order valence-corrected chi connectivity index (χ1v) is 8.93. The van der Waals surface area contributed by atoms with Gasteiger partial charge < -0.3 is 14.5 Å². The molecule has 0 aliphatic carbocycles. The number of carbonyl (C=O) groups excluding carboxylic acids is 1. The Kier molecular flexibility index (Phi) is 6.70. The first-order valence-electron chi connectivity index (χ1n) is 6.63. The van der Waals surface area contributed by atoms with Crippen molar-refractivity contribution in [2.75, 3.05) is 19.8 Å². The second kappa shape index (κ2) is 7.82. The minimum Gasteiger partial charge on any atom is -0.455 e. The third kappa shape index (κ3) is 6.07. The van der Waals surface area contributed by atoms with Gasteiger partial charge in [-0.05, 0) is 19.3 Å².